The number of hydrogen-bond acceptors (Lipinski definition) is 9. The highest BCUT2D eigenvalue weighted by atomic mass is 19.1. The van der Waals surface area contributed by atoms with E-state index in [1.807, 2.05) is 0 Å². The number of anilines is 1. The zero-order valence-electron chi connectivity index (χ0n) is 25.0. The van der Waals surface area contributed by atoms with Gasteiger partial charge in [-0.25, -0.2) is 13.6 Å². The number of aromatic nitrogens is 2. The lowest BCUT2D eigenvalue weighted by Gasteiger charge is -2.30. The van der Waals surface area contributed by atoms with Crippen LogP contribution in [0.4, 0.5) is 14.6 Å². The maximum Gasteiger partial charge on any atom is 0.349 e. The number of hydrogen-bond donors (Lipinski definition) is 3. The lowest BCUT2D eigenvalue weighted by Crippen LogP contribution is -2.43. The number of nitrogens with one attached hydrogen (secondary N) is 2. The number of carbonyl (C=O) groups excluding carboxylic acids is 1. The van der Waals surface area contributed by atoms with Crippen LogP contribution in [-0.2, 0) is 4.79 Å². The zero-order valence-corrected chi connectivity index (χ0v) is 25.0. The standard InChI is InChI=1S/C33H35F2N5O5/c1-18-28-27(31(43)45-29(18)23-13-22(41)12-19-6-4-9-24(35)26(19)23)30(36-15-25(42)37-21-7-2-3-8-21)39-32(38-28)44-17-33-10-5-11-40(33)16-20(34)14-33/h4,6,9,12-13,20-21,41H,2-3,5,7-8,10-11,14-17H2,1H3,(H,37,42)(H,36,38,39)/t20-,33+/m1/s1. The van der Waals surface area contributed by atoms with Gasteiger partial charge in [0.25, 0.3) is 0 Å². The fourth-order valence-electron chi connectivity index (χ4n) is 7.39. The van der Waals surface area contributed by atoms with Gasteiger partial charge in [0, 0.05) is 35.5 Å². The first-order valence-corrected chi connectivity index (χ1v) is 15.5. The number of phenols is 1. The number of halogens is 2. The molecule has 4 aromatic rings. The molecule has 0 spiro atoms. The summed E-state index contributed by atoms with van der Waals surface area (Å²) in [4.78, 5) is 37.6. The summed E-state index contributed by atoms with van der Waals surface area (Å²) in [5.41, 5.74) is -0.503. The summed E-state index contributed by atoms with van der Waals surface area (Å²) in [6.45, 7) is 2.85. The highest BCUT2D eigenvalue weighted by molar-refractivity contribution is 6.01. The number of aromatic hydroxyl groups is 1. The van der Waals surface area contributed by atoms with Crippen molar-refractivity contribution in [2.75, 3.05) is 31.6 Å². The minimum Gasteiger partial charge on any atom is -0.508 e. The normalized spacial score (nSPS) is 21.9. The van der Waals surface area contributed by atoms with Crippen LogP contribution in [0.25, 0.3) is 33.0 Å². The molecule has 10 nitrogen and oxygen atoms in total. The maximum atomic E-state index is 15.1. The van der Waals surface area contributed by atoms with Gasteiger partial charge in [-0.05, 0) is 62.7 Å². The third-order valence-electron chi connectivity index (χ3n) is 9.51. The number of amides is 1. The molecule has 12 heteroatoms. The summed E-state index contributed by atoms with van der Waals surface area (Å²) in [5.74, 6) is -0.825. The van der Waals surface area contributed by atoms with Gasteiger partial charge in [0.05, 0.1) is 17.6 Å². The number of carbonyl (C=O) groups is 1. The zero-order chi connectivity index (χ0) is 31.3. The molecule has 2 aromatic heterocycles. The monoisotopic (exact) mass is 619 g/mol. The number of rotatable bonds is 8. The van der Waals surface area contributed by atoms with E-state index in [9.17, 15) is 19.1 Å². The first-order chi connectivity index (χ1) is 21.7. The highest BCUT2D eigenvalue weighted by Gasteiger charge is 2.49. The minimum atomic E-state index is -0.936. The Labute approximate surface area is 257 Å². The van der Waals surface area contributed by atoms with Gasteiger partial charge in [0.1, 0.15) is 41.3 Å². The van der Waals surface area contributed by atoms with E-state index in [4.69, 9.17) is 9.15 Å². The molecule has 1 amide bonds. The van der Waals surface area contributed by atoms with E-state index in [1.165, 1.54) is 24.3 Å². The molecule has 2 aliphatic heterocycles. The molecule has 236 valence electrons. The predicted molar refractivity (Wildman–Crippen MR) is 165 cm³/mol. The van der Waals surface area contributed by atoms with Crippen molar-refractivity contribution < 1.29 is 27.8 Å². The number of benzene rings is 2. The molecule has 4 heterocycles. The Morgan fingerprint density at radius 3 is 2.84 bits per heavy atom. The third kappa shape index (κ3) is 5.45. The Morgan fingerprint density at radius 2 is 2.02 bits per heavy atom. The van der Waals surface area contributed by atoms with E-state index in [2.05, 4.69) is 25.5 Å². The lowest BCUT2D eigenvalue weighted by atomic mass is 9.95. The molecule has 3 fully saturated rings. The Hall–Kier alpha value is -4.32. The van der Waals surface area contributed by atoms with Gasteiger partial charge in [-0.2, -0.15) is 9.97 Å². The average Bonchev–Trinajstić information content (AvgIpc) is 3.72. The van der Waals surface area contributed by atoms with E-state index in [0.29, 0.717) is 23.9 Å². The topological polar surface area (TPSA) is 130 Å². The number of phenolic OH excluding ortho intramolecular Hbond substituents is 1. The Morgan fingerprint density at radius 1 is 1.20 bits per heavy atom. The van der Waals surface area contributed by atoms with Crippen LogP contribution < -0.4 is 21.0 Å². The van der Waals surface area contributed by atoms with Gasteiger partial charge in [0.2, 0.25) is 5.91 Å². The molecule has 3 N–H and O–H groups in total. The summed E-state index contributed by atoms with van der Waals surface area (Å²) < 4.78 is 41.5. The molecule has 2 saturated heterocycles. The molecule has 7 rings (SSSR count). The van der Waals surface area contributed by atoms with Crippen LogP contribution in [0.5, 0.6) is 11.8 Å². The quantitative estimate of drug-likeness (QED) is 0.250. The summed E-state index contributed by atoms with van der Waals surface area (Å²) in [5, 5.41) is 17.1. The average molecular weight is 620 g/mol. The predicted octanol–water partition coefficient (Wildman–Crippen LogP) is 4.98. The largest absolute Gasteiger partial charge is 0.508 e. The Kier molecular flexibility index (Phi) is 7.55. The molecular weight excluding hydrogens is 584 g/mol. The maximum absolute atomic E-state index is 15.1. The van der Waals surface area contributed by atoms with Gasteiger partial charge in [-0.3, -0.25) is 9.69 Å². The van der Waals surface area contributed by atoms with Crippen molar-refractivity contribution in [2.24, 2.45) is 0 Å². The molecule has 2 atom stereocenters. The molecular formula is C33H35F2N5O5. The van der Waals surface area contributed by atoms with Crippen LogP contribution in [-0.4, -0.2) is 69.9 Å². The van der Waals surface area contributed by atoms with E-state index in [0.717, 1.165) is 45.1 Å². The second kappa shape index (κ2) is 11.6. The smallest absolute Gasteiger partial charge is 0.349 e. The first kappa shape index (κ1) is 29.4. The number of ether oxygens (including phenoxy) is 1. The van der Waals surface area contributed by atoms with Crippen LogP contribution in [0, 0.1) is 12.7 Å². The van der Waals surface area contributed by atoms with E-state index in [1.54, 1.807) is 13.0 Å². The molecule has 2 aromatic carbocycles. The highest BCUT2D eigenvalue weighted by Crippen LogP contribution is 2.41. The fraction of sp³-hybridized carbons (Fsp3) is 0.455. The van der Waals surface area contributed by atoms with Crippen LogP contribution in [0.1, 0.15) is 50.5 Å². The third-order valence-corrected chi connectivity index (χ3v) is 9.51. The van der Waals surface area contributed by atoms with Crippen molar-refractivity contribution in [3.8, 4) is 23.1 Å². The Balaban J connectivity index is 1.30. The number of aryl methyl sites for hydroxylation is 1. The summed E-state index contributed by atoms with van der Waals surface area (Å²) in [6, 6.07) is 7.32. The Bertz CT molecular complexity index is 1860. The SMILES string of the molecule is Cc1c(-c2cc(O)cc3cccc(F)c23)oc(=O)c2c(NCC(=O)NC3CCCC3)nc(OC[C@@]34CCCN3C[C@H](F)C4)nc12. The molecule has 45 heavy (non-hydrogen) atoms. The van der Waals surface area contributed by atoms with E-state index in [-0.39, 0.29) is 70.3 Å². The van der Waals surface area contributed by atoms with Crippen molar-refractivity contribution in [3.63, 3.8) is 0 Å². The second-order valence-electron chi connectivity index (χ2n) is 12.5. The van der Waals surface area contributed by atoms with Gasteiger partial charge in [-0.15, -0.1) is 0 Å². The van der Waals surface area contributed by atoms with Crippen LogP contribution >= 0.6 is 0 Å². The first-order valence-electron chi connectivity index (χ1n) is 15.5. The van der Waals surface area contributed by atoms with Gasteiger partial charge in [0.15, 0.2) is 0 Å². The van der Waals surface area contributed by atoms with E-state index >= 15 is 4.39 Å². The van der Waals surface area contributed by atoms with Crippen LogP contribution in [0.15, 0.2) is 39.5 Å². The van der Waals surface area contributed by atoms with Crippen LogP contribution in [0.3, 0.4) is 0 Å². The number of fused-ring (bicyclic) bond motifs is 3. The fourth-order valence-corrected chi connectivity index (χ4v) is 7.39. The summed E-state index contributed by atoms with van der Waals surface area (Å²) in [7, 11) is 0. The van der Waals surface area contributed by atoms with E-state index < -0.39 is 23.2 Å². The lowest BCUT2D eigenvalue weighted by molar-refractivity contribution is -0.120. The summed E-state index contributed by atoms with van der Waals surface area (Å²) >= 11 is 0. The molecule has 0 bridgehead atoms. The van der Waals surface area contributed by atoms with Gasteiger partial charge in [-0.1, -0.05) is 25.0 Å². The summed E-state index contributed by atoms with van der Waals surface area (Å²) in [6.07, 6.45) is 5.14. The molecule has 3 aliphatic rings. The molecule has 1 aliphatic carbocycles. The van der Waals surface area contributed by atoms with Crippen molar-refractivity contribution >= 4 is 33.4 Å². The molecule has 0 radical (unpaired) electrons. The van der Waals surface area contributed by atoms with Gasteiger partial charge < -0.3 is 24.9 Å². The van der Waals surface area contributed by atoms with Gasteiger partial charge >= 0.3 is 11.6 Å². The van der Waals surface area contributed by atoms with Crippen molar-refractivity contribution in [1.82, 2.24) is 20.2 Å². The molecule has 1 saturated carbocycles. The number of nitrogens with zero attached hydrogens (tertiary/aromatic N) is 3. The van der Waals surface area contributed by atoms with Crippen LogP contribution in [0.2, 0.25) is 0 Å². The van der Waals surface area contributed by atoms with Crippen molar-refractivity contribution in [3.05, 3.63) is 52.1 Å². The van der Waals surface area contributed by atoms with Crippen molar-refractivity contribution in [2.45, 2.75) is 69.6 Å². The van der Waals surface area contributed by atoms with Crippen molar-refractivity contribution in [1.29, 1.82) is 0 Å². The molecule has 0 unspecified atom stereocenters. The number of alkyl halides is 1. The minimum absolute atomic E-state index is 0.00698. The second-order valence-corrected chi connectivity index (χ2v) is 12.5.